The average Bonchev–Trinajstić information content (AvgIpc) is 3.05. The summed E-state index contributed by atoms with van der Waals surface area (Å²) < 4.78 is 5.24. The number of aliphatic carboxylic acids is 1. The standard InChI is InChI=1S/C17H21NO4/c19-15(17(16(20)21)7-10-22-11-8-17)18-9-6-14(12-18)13-4-2-1-3-5-13/h1-5,14H,6-12H2,(H,20,21). The van der Waals surface area contributed by atoms with Gasteiger partial charge in [-0.15, -0.1) is 0 Å². The summed E-state index contributed by atoms with van der Waals surface area (Å²) in [6.45, 7) is 1.93. The van der Waals surface area contributed by atoms with E-state index in [1.54, 1.807) is 4.90 Å². The van der Waals surface area contributed by atoms with E-state index >= 15 is 0 Å². The summed E-state index contributed by atoms with van der Waals surface area (Å²) in [5.41, 5.74) is -0.0711. The van der Waals surface area contributed by atoms with E-state index in [0.717, 1.165) is 6.42 Å². The molecular formula is C17H21NO4. The van der Waals surface area contributed by atoms with Crippen molar-refractivity contribution in [3.63, 3.8) is 0 Å². The van der Waals surface area contributed by atoms with E-state index in [0.29, 0.717) is 32.2 Å². The van der Waals surface area contributed by atoms with Crippen LogP contribution in [0.3, 0.4) is 0 Å². The minimum Gasteiger partial charge on any atom is -0.480 e. The van der Waals surface area contributed by atoms with Crippen LogP contribution in [0.25, 0.3) is 0 Å². The van der Waals surface area contributed by atoms with Gasteiger partial charge in [-0.25, -0.2) is 0 Å². The highest BCUT2D eigenvalue weighted by molar-refractivity contribution is 6.02. The first-order valence-electron chi connectivity index (χ1n) is 7.79. The van der Waals surface area contributed by atoms with Gasteiger partial charge in [0, 0.05) is 32.2 Å². The van der Waals surface area contributed by atoms with Crippen molar-refractivity contribution in [3.8, 4) is 0 Å². The summed E-state index contributed by atoms with van der Waals surface area (Å²) in [5.74, 6) is -0.943. The Labute approximate surface area is 129 Å². The highest BCUT2D eigenvalue weighted by Crippen LogP contribution is 2.36. The van der Waals surface area contributed by atoms with Gasteiger partial charge in [-0.1, -0.05) is 30.3 Å². The van der Waals surface area contributed by atoms with Gasteiger partial charge in [0.1, 0.15) is 0 Å². The average molecular weight is 303 g/mol. The van der Waals surface area contributed by atoms with E-state index in [2.05, 4.69) is 12.1 Å². The van der Waals surface area contributed by atoms with Crippen LogP contribution in [0.1, 0.15) is 30.7 Å². The Hall–Kier alpha value is -1.88. The highest BCUT2D eigenvalue weighted by atomic mass is 16.5. The van der Waals surface area contributed by atoms with Crippen molar-refractivity contribution in [2.75, 3.05) is 26.3 Å². The van der Waals surface area contributed by atoms with Crippen LogP contribution in [0.2, 0.25) is 0 Å². The first-order chi connectivity index (χ1) is 10.6. The molecular weight excluding hydrogens is 282 g/mol. The van der Waals surface area contributed by atoms with Crippen LogP contribution in [0.4, 0.5) is 0 Å². The fourth-order valence-corrected chi connectivity index (χ4v) is 3.48. The summed E-state index contributed by atoms with van der Waals surface area (Å²) in [4.78, 5) is 26.3. The summed E-state index contributed by atoms with van der Waals surface area (Å²) in [5, 5.41) is 9.60. The molecule has 1 unspecified atom stereocenters. The fourth-order valence-electron chi connectivity index (χ4n) is 3.48. The molecule has 5 heteroatoms. The molecule has 2 heterocycles. The third-order valence-corrected chi connectivity index (χ3v) is 4.91. The predicted molar refractivity (Wildman–Crippen MR) is 80.5 cm³/mol. The lowest BCUT2D eigenvalue weighted by Crippen LogP contribution is -2.50. The van der Waals surface area contributed by atoms with Crippen molar-refractivity contribution in [3.05, 3.63) is 35.9 Å². The molecule has 0 radical (unpaired) electrons. The van der Waals surface area contributed by atoms with Gasteiger partial charge in [-0.2, -0.15) is 0 Å². The second-order valence-corrected chi connectivity index (χ2v) is 6.15. The Kier molecular flexibility index (Phi) is 4.16. The number of amides is 1. The quantitative estimate of drug-likeness (QED) is 0.866. The van der Waals surface area contributed by atoms with Crippen molar-refractivity contribution in [1.29, 1.82) is 0 Å². The molecule has 1 aromatic carbocycles. The molecule has 1 amide bonds. The van der Waals surface area contributed by atoms with E-state index in [9.17, 15) is 14.7 Å². The number of carbonyl (C=O) groups is 2. The Morgan fingerprint density at radius 2 is 1.86 bits per heavy atom. The van der Waals surface area contributed by atoms with Gasteiger partial charge in [-0.05, 0) is 24.8 Å². The van der Waals surface area contributed by atoms with Crippen LogP contribution in [-0.4, -0.2) is 48.2 Å². The molecule has 0 aliphatic carbocycles. The first kappa shape index (κ1) is 15.0. The van der Waals surface area contributed by atoms with Crippen LogP contribution in [-0.2, 0) is 14.3 Å². The maximum absolute atomic E-state index is 12.8. The maximum Gasteiger partial charge on any atom is 0.319 e. The SMILES string of the molecule is O=C(O)C1(C(=O)N2CCC(c3ccccc3)C2)CCOCC1. The number of carbonyl (C=O) groups excluding carboxylic acids is 1. The van der Waals surface area contributed by atoms with Gasteiger partial charge in [-0.3, -0.25) is 9.59 Å². The van der Waals surface area contributed by atoms with Crippen molar-refractivity contribution >= 4 is 11.9 Å². The molecule has 1 aromatic rings. The Balaban J connectivity index is 1.74. The third kappa shape index (κ3) is 2.61. The van der Waals surface area contributed by atoms with Gasteiger partial charge in [0.15, 0.2) is 5.41 Å². The second kappa shape index (κ2) is 6.08. The van der Waals surface area contributed by atoms with Crippen LogP contribution < -0.4 is 0 Å². The lowest BCUT2D eigenvalue weighted by atomic mass is 9.79. The number of likely N-dealkylation sites (tertiary alicyclic amines) is 1. The number of rotatable bonds is 3. The van der Waals surface area contributed by atoms with E-state index in [1.807, 2.05) is 18.2 Å². The molecule has 0 aromatic heterocycles. The number of benzene rings is 1. The van der Waals surface area contributed by atoms with Crippen LogP contribution in [0.15, 0.2) is 30.3 Å². The third-order valence-electron chi connectivity index (χ3n) is 4.91. The molecule has 1 N–H and O–H groups in total. The van der Waals surface area contributed by atoms with Crippen LogP contribution in [0.5, 0.6) is 0 Å². The molecule has 5 nitrogen and oxygen atoms in total. The molecule has 22 heavy (non-hydrogen) atoms. The zero-order valence-electron chi connectivity index (χ0n) is 12.5. The van der Waals surface area contributed by atoms with Crippen molar-refractivity contribution in [2.45, 2.75) is 25.2 Å². The molecule has 2 aliphatic rings. The molecule has 1 atom stereocenters. The minimum atomic E-state index is -1.29. The lowest BCUT2D eigenvalue weighted by Gasteiger charge is -2.35. The number of carboxylic acids is 1. The highest BCUT2D eigenvalue weighted by Gasteiger charge is 2.50. The predicted octanol–water partition coefficient (Wildman–Crippen LogP) is 1.88. The fraction of sp³-hybridized carbons (Fsp3) is 0.529. The summed E-state index contributed by atoms with van der Waals surface area (Å²) in [6.07, 6.45) is 1.43. The Morgan fingerprint density at radius 1 is 1.18 bits per heavy atom. The monoisotopic (exact) mass is 303 g/mol. The maximum atomic E-state index is 12.8. The summed E-state index contributed by atoms with van der Waals surface area (Å²) in [7, 11) is 0. The number of ether oxygens (including phenoxy) is 1. The van der Waals surface area contributed by atoms with Crippen LogP contribution >= 0.6 is 0 Å². The lowest BCUT2D eigenvalue weighted by molar-refractivity contribution is -0.167. The molecule has 3 rings (SSSR count). The first-order valence-corrected chi connectivity index (χ1v) is 7.79. The van der Waals surface area contributed by atoms with Gasteiger partial charge in [0.25, 0.3) is 0 Å². The van der Waals surface area contributed by atoms with E-state index < -0.39 is 11.4 Å². The zero-order chi connectivity index (χ0) is 15.6. The number of carboxylic acid groups (broad SMARTS) is 1. The Morgan fingerprint density at radius 3 is 2.50 bits per heavy atom. The van der Waals surface area contributed by atoms with Gasteiger partial charge in [0.05, 0.1) is 0 Å². The molecule has 2 saturated heterocycles. The summed E-state index contributed by atoms with van der Waals surface area (Å²) >= 11 is 0. The van der Waals surface area contributed by atoms with Crippen molar-refractivity contribution < 1.29 is 19.4 Å². The molecule has 2 fully saturated rings. The number of nitrogens with zero attached hydrogens (tertiary/aromatic N) is 1. The molecule has 2 aliphatic heterocycles. The zero-order valence-corrected chi connectivity index (χ0v) is 12.5. The Bertz CT molecular complexity index is 551. The van der Waals surface area contributed by atoms with E-state index in [-0.39, 0.29) is 18.7 Å². The second-order valence-electron chi connectivity index (χ2n) is 6.15. The number of hydrogen-bond donors (Lipinski definition) is 1. The van der Waals surface area contributed by atoms with Crippen molar-refractivity contribution in [1.82, 2.24) is 4.90 Å². The minimum absolute atomic E-state index is 0.235. The normalized spacial score (nSPS) is 24.2. The molecule has 0 spiro atoms. The molecule has 0 saturated carbocycles. The molecule has 118 valence electrons. The van der Waals surface area contributed by atoms with Gasteiger partial charge in [0.2, 0.25) is 5.91 Å². The van der Waals surface area contributed by atoms with Crippen molar-refractivity contribution in [2.24, 2.45) is 5.41 Å². The summed E-state index contributed by atoms with van der Waals surface area (Å²) in [6, 6.07) is 10.1. The van der Waals surface area contributed by atoms with Crippen LogP contribution in [0, 0.1) is 5.41 Å². The topological polar surface area (TPSA) is 66.8 Å². The largest absolute Gasteiger partial charge is 0.480 e. The van der Waals surface area contributed by atoms with Gasteiger partial charge < -0.3 is 14.7 Å². The van der Waals surface area contributed by atoms with E-state index in [1.165, 1.54) is 5.56 Å². The van der Waals surface area contributed by atoms with Gasteiger partial charge >= 0.3 is 5.97 Å². The number of hydrogen-bond acceptors (Lipinski definition) is 3. The smallest absolute Gasteiger partial charge is 0.319 e. The molecule has 0 bridgehead atoms. The van der Waals surface area contributed by atoms with E-state index in [4.69, 9.17) is 4.74 Å².